The van der Waals surface area contributed by atoms with Gasteiger partial charge in [-0.05, 0) is 26.3 Å². The van der Waals surface area contributed by atoms with E-state index in [9.17, 15) is 4.79 Å². The van der Waals surface area contributed by atoms with Crippen molar-refractivity contribution >= 4 is 15.7 Å². The highest BCUT2D eigenvalue weighted by Gasteiger charge is 1.98. The summed E-state index contributed by atoms with van der Waals surface area (Å²) in [7, 11) is -0.327. The molecule has 0 aliphatic carbocycles. The van der Waals surface area contributed by atoms with Crippen molar-refractivity contribution in [2.24, 2.45) is 0 Å². The van der Waals surface area contributed by atoms with E-state index >= 15 is 0 Å². The van der Waals surface area contributed by atoms with Crippen molar-refractivity contribution in [3.8, 4) is 0 Å². The van der Waals surface area contributed by atoms with Crippen molar-refractivity contribution in [3.05, 3.63) is 12.2 Å². The lowest BCUT2D eigenvalue weighted by Crippen LogP contribution is -2.24. The molecule has 0 aromatic rings. The van der Waals surface area contributed by atoms with Crippen molar-refractivity contribution in [2.75, 3.05) is 13.2 Å². The highest BCUT2D eigenvalue weighted by Crippen LogP contribution is 1.90. The Morgan fingerprint density at radius 3 is 2.85 bits per heavy atom. The van der Waals surface area contributed by atoms with Crippen molar-refractivity contribution in [1.82, 2.24) is 5.32 Å². The molecular weight excluding hydrogens is 182 g/mol. The average Bonchev–Trinajstić information content (AvgIpc) is 2.10. The Kier molecular flexibility index (Phi) is 7.63. The molecule has 0 saturated heterocycles. The second kappa shape index (κ2) is 8.01. The molecule has 0 aromatic carbocycles. The van der Waals surface area contributed by atoms with Crippen LogP contribution in [0.25, 0.3) is 0 Å². The Balaban J connectivity index is 3.16. The lowest BCUT2D eigenvalue weighted by molar-refractivity contribution is -0.117. The summed E-state index contributed by atoms with van der Waals surface area (Å²) in [4.78, 5) is 11.0. The SMILES string of the molecule is C=C(C)C(=O)NCCC[SiH2]OCC. The maximum absolute atomic E-state index is 11.0. The highest BCUT2D eigenvalue weighted by molar-refractivity contribution is 6.26. The highest BCUT2D eigenvalue weighted by atomic mass is 28.2. The molecule has 0 rings (SSSR count). The van der Waals surface area contributed by atoms with E-state index in [-0.39, 0.29) is 15.7 Å². The van der Waals surface area contributed by atoms with Gasteiger partial charge in [-0.2, -0.15) is 0 Å². The minimum atomic E-state index is -0.327. The second-order valence-electron chi connectivity index (χ2n) is 2.94. The number of hydrogen-bond donors (Lipinski definition) is 1. The van der Waals surface area contributed by atoms with Crippen molar-refractivity contribution in [1.29, 1.82) is 0 Å². The zero-order valence-electron chi connectivity index (χ0n) is 8.56. The normalized spacial score (nSPS) is 10.6. The first-order valence-corrected chi connectivity index (χ1v) is 6.27. The summed E-state index contributed by atoms with van der Waals surface area (Å²) >= 11 is 0. The van der Waals surface area contributed by atoms with Crippen LogP contribution in [0.2, 0.25) is 6.04 Å². The molecule has 0 bridgehead atoms. The van der Waals surface area contributed by atoms with Crippen LogP contribution >= 0.6 is 0 Å². The van der Waals surface area contributed by atoms with E-state index in [1.807, 2.05) is 6.92 Å². The predicted molar refractivity (Wildman–Crippen MR) is 57.4 cm³/mol. The Hall–Kier alpha value is -0.613. The molecule has 0 atom stereocenters. The zero-order chi connectivity index (χ0) is 10.1. The monoisotopic (exact) mass is 201 g/mol. The zero-order valence-corrected chi connectivity index (χ0v) is 9.97. The molecule has 0 aliphatic rings. The average molecular weight is 201 g/mol. The van der Waals surface area contributed by atoms with Gasteiger partial charge in [-0.3, -0.25) is 4.79 Å². The largest absolute Gasteiger partial charge is 0.424 e. The van der Waals surface area contributed by atoms with Crippen LogP contribution < -0.4 is 5.32 Å². The first kappa shape index (κ1) is 12.4. The van der Waals surface area contributed by atoms with Gasteiger partial charge in [0.05, 0.1) is 0 Å². The molecule has 3 nitrogen and oxygen atoms in total. The van der Waals surface area contributed by atoms with Crippen LogP contribution in [-0.4, -0.2) is 28.8 Å². The van der Waals surface area contributed by atoms with Gasteiger partial charge in [0, 0.05) is 18.7 Å². The van der Waals surface area contributed by atoms with E-state index < -0.39 is 0 Å². The summed E-state index contributed by atoms with van der Waals surface area (Å²) in [5.41, 5.74) is 0.571. The fraction of sp³-hybridized carbons (Fsp3) is 0.667. The fourth-order valence-electron chi connectivity index (χ4n) is 0.826. The molecule has 0 unspecified atom stereocenters. The number of rotatable bonds is 7. The molecular formula is C9H19NO2Si. The number of carbonyl (C=O) groups excluding carboxylic acids is 1. The fourth-order valence-corrected chi connectivity index (χ4v) is 1.77. The second-order valence-corrected chi connectivity index (χ2v) is 4.46. The quantitative estimate of drug-likeness (QED) is 0.372. The van der Waals surface area contributed by atoms with Gasteiger partial charge >= 0.3 is 0 Å². The van der Waals surface area contributed by atoms with Gasteiger partial charge in [-0.25, -0.2) is 0 Å². The van der Waals surface area contributed by atoms with Gasteiger partial charge in [0.15, 0.2) is 9.76 Å². The first-order chi connectivity index (χ1) is 6.18. The molecule has 0 saturated carbocycles. The lowest BCUT2D eigenvalue weighted by Gasteiger charge is -2.03. The molecule has 13 heavy (non-hydrogen) atoms. The van der Waals surface area contributed by atoms with Crippen LogP contribution in [0.4, 0.5) is 0 Å². The summed E-state index contributed by atoms with van der Waals surface area (Å²) in [6, 6.07) is 1.13. The number of hydrogen-bond acceptors (Lipinski definition) is 2. The van der Waals surface area contributed by atoms with Gasteiger partial charge < -0.3 is 9.74 Å². The third-order valence-electron chi connectivity index (χ3n) is 1.59. The number of amides is 1. The van der Waals surface area contributed by atoms with Crippen LogP contribution in [0, 0.1) is 0 Å². The molecule has 0 radical (unpaired) electrons. The van der Waals surface area contributed by atoms with E-state index in [2.05, 4.69) is 11.9 Å². The summed E-state index contributed by atoms with van der Waals surface area (Å²) in [5, 5.41) is 2.79. The number of nitrogens with one attached hydrogen (secondary N) is 1. The first-order valence-electron chi connectivity index (χ1n) is 4.70. The van der Waals surface area contributed by atoms with Gasteiger partial charge in [0.25, 0.3) is 0 Å². The Labute approximate surface area is 82.5 Å². The lowest BCUT2D eigenvalue weighted by atomic mass is 10.3. The Morgan fingerprint density at radius 2 is 2.31 bits per heavy atom. The molecule has 1 N–H and O–H groups in total. The van der Waals surface area contributed by atoms with Crippen LogP contribution in [0.15, 0.2) is 12.2 Å². The molecule has 0 fully saturated rings. The molecule has 1 amide bonds. The third-order valence-corrected chi connectivity index (χ3v) is 3.08. The van der Waals surface area contributed by atoms with Crippen LogP contribution in [-0.2, 0) is 9.22 Å². The van der Waals surface area contributed by atoms with Crippen LogP contribution in [0.1, 0.15) is 20.3 Å². The van der Waals surface area contributed by atoms with Gasteiger partial charge in [-0.1, -0.05) is 6.58 Å². The molecule has 0 aliphatic heterocycles. The van der Waals surface area contributed by atoms with Crippen molar-refractivity contribution < 1.29 is 9.22 Å². The minimum absolute atomic E-state index is 0.0434. The maximum Gasteiger partial charge on any atom is 0.246 e. The predicted octanol–water partition coefficient (Wildman–Crippen LogP) is 0.607. The van der Waals surface area contributed by atoms with Crippen molar-refractivity contribution in [3.63, 3.8) is 0 Å². The standard InChI is InChI=1S/C9H19NO2Si/c1-4-12-13-7-5-6-10-9(11)8(2)3/h2,4-7,13H2,1,3H3,(H,10,11). The topological polar surface area (TPSA) is 38.3 Å². The summed E-state index contributed by atoms with van der Waals surface area (Å²) in [5.74, 6) is -0.0434. The maximum atomic E-state index is 11.0. The van der Waals surface area contributed by atoms with Gasteiger partial charge in [0.1, 0.15) is 0 Å². The van der Waals surface area contributed by atoms with Crippen molar-refractivity contribution in [2.45, 2.75) is 26.3 Å². The van der Waals surface area contributed by atoms with E-state index in [1.54, 1.807) is 6.92 Å². The molecule has 0 spiro atoms. The van der Waals surface area contributed by atoms with E-state index in [0.717, 1.165) is 25.6 Å². The minimum Gasteiger partial charge on any atom is -0.424 e. The van der Waals surface area contributed by atoms with E-state index in [1.165, 1.54) is 0 Å². The summed E-state index contributed by atoms with van der Waals surface area (Å²) in [6.07, 6.45) is 1.02. The smallest absolute Gasteiger partial charge is 0.246 e. The van der Waals surface area contributed by atoms with Crippen LogP contribution in [0.3, 0.4) is 0 Å². The Morgan fingerprint density at radius 1 is 1.62 bits per heavy atom. The number of carbonyl (C=O) groups is 1. The van der Waals surface area contributed by atoms with E-state index in [4.69, 9.17) is 4.43 Å². The molecule has 0 heterocycles. The van der Waals surface area contributed by atoms with Crippen LogP contribution in [0.5, 0.6) is 0 Å². The Bertz CT molecular complexity index is 171. The molecule has 4 heteroatoms. The molecule has 76 valence electrons. The summed E-state index contributed by atoms with van der Waals surface area (Å²) in [6.45, 7) is 8.84. The summed E-state index contributed by atoms with van der Waals surface area (Å²) < 4.78 is 5.30. The van der Waals surface area contributed by atoms with Gasteiger partial charge in [0.2, 0.25) is 5.91 Å². The third kappa shape index (κ3) is 7.74. The van der Waals surface area contributed by atoms with Gasteiger partial charge in [-0.15, -0.1) is 0 Å². The van der Waals surface area contributed by atoms with E-state index in [0.29, 0.717) is 5.57 Å². The molecule has 0 aromatic heterocycles.